The summed E-state index contributed by atoms with van der Waals surface area (Å²) in [5, 5.41) is 9.18. The van der Waals surface area contributed by atoms with E-state index in [1.165, 1.54) is 38.5 Å². The van der Waals surface area contributed by atoms with Gasteiger partial charge in [-0.2, -0.15) is 0 Å². The largest absolute Gasteiger partial charge is 0.480 e. The molecule has 0 aromatic heterocycles. The minimum atomic E-state index is -0.695. The van der Waals surface area contributed by atoms with Crippen LogP contribution >= 0.6 is 0 Å². The van der Waals surface area contributed by atoms with Crippen molar-refractivity contribution in [1.29, 1.82) is 0 Å². The van der Waals surface area contributed by atoms with E-state index in [1.54, 1.807) is 0 Å². The van der Waals surface area contributed by atoms with Gasteiger partial charge in [0.25, 0.3) is 0 Å². The summed E-state index contributed by atoms with van der Waals surface area (Å²) in [7, 11) is 0. The molecule has 150 valence electrons. The van der Waals surface area contributed by atoms with Crippen LogP contribution in [-0.4, -0.2) is 35.6 Å². The van der Waals surface area contributed by atoms with E-state index < -0.39 is 5.97 Å². The van der Waals surface area contributed by atoms with Crippen molar-refractivity contribution in [3.63, 3.8) is 0 Å². The third-order valence-corrected chi connectivity index (χ3v) is 5.19. The molecule has 25 heavy (non-hydrogen) atoms. The summed E-state index contributed by atoms with van der Waals surface area (Å²) < 4.78 is 0. The Morgan fingerprint density at radius 3 is 1.44 bits per heavy atom. The molecule has 0 aliphatic carbocycles. The van der Waals surface area contributed by atoms with Crippen LogP contribution in [0, 0.1) is 23.7 Å². The second-order valence-corrected chi connectivity index (χ2v) is 9.11. The lowest BCUT2D eigenvalue weighted by atomic mass is 9.96. The molecule has 0 aliphatic heterocycles. The Morgan fingerprint density at radius 2 is 1.12 bits per heavy atom. The molecule has 0 saturated heterocycles. The fourth-order valence-electron chi connectivity index (χ4n) is 3.30. The van der Waals surface area contributed by atoms with Crippen LogP contribution < -0.4 is 0 Å². The highest BCUT2D eigenvalue weighted by atomic mass is 16.4. The van der Waals surface area contributed by atoms with E-state index in [9.17, 15) is 9.90 Å². The second-order valence-electron chi connectivity index (χ2n) is 9.11. The summed E-state index contributed by atoms with van der Waals surface area (Å²) in [6, 6.07) is 0. The number of nitrogens with zero attached hydrogens (tertiary/aromatic N) is 1. The van der Waals surface area contributed by atoms with Gasteiger partial charge in [0.05, 0.1) is 6.54 Å². The quantitative estimate of drug-likeness (QED) is 0.365. The minimum Gasteiger partial charge on any atom is -0.480 e. The fourth-order valence-corrected chi connectivity index (χ4v) is 3.30. The van der Waals surface area contributed by atoms with E-state index >= 15 is 0 Å². The number of aliphatic carboxylic acids is 1. The van der Waals surface area contributed by atoms with E-state index in [2.05, 4.69) is 46.4 Å². The van der Waals surface area contributed by atoms with Gasteiger partial charge in [0, 0.05) is 0 Å². The standard InChI is InChI=1S/C22H45NO2/c1-18(2)9-7-11-20(5)13-15-23(17-22(24)25)16-14-21(6)12-8-10-19(3)4/h18-21H,7-17H2,1-6H3,(H,24,25)/t20-,21-/m0/s1. The molecule has 3 nitrogen and oxygen atoms in total. The highest BCUT2D eigenvalue weighted by Crippen LogP contribution is 2.18. The van der Waals surface area contributed by atoms with E-state index in [0.29, 0.717) is 11.8 Å². The first-order chi connectivity index (χ1) is 11.7. The smallest absolute Gasteiger partial charge is 0.317 e. The molecule has 0 rings (SSSR count). The molecule has 0 amide bonds. The van der Waals surface area contributed by atoms with Crippen LogP contribution in [0.15, 0.2) is 0 Å². The van der Waals surface area contributed by atoms with Gasteiger partial charge >= 0.3 is 5.97 Å². The minimum absolute atomic E-state index is 0.192. The van der Waals surface area contributed by atoms with E-state index in [4.69, 9.17) is 0 Å². The normalized spacial score (nSPS) is 14.4. The summed E-state index contributed by atoms with van der Waals surface area (Å²) >= 11 is 0. The molecule has 0 unspecified atom stereocenters. The summed E-state index contributed by atoms with van der Waals surface area (Å²) in [6.07, 6.45) is 9.97. The molecule has 0 bridgehead atoms. The Morgan fingerprint density at radius 1 is 0.720 bits per heavy atom. The van der Waals surface area contributed by atoms with Crippen molar-refractivity contribution in [3.8, 4) is 0 Å². The lowest BCUT2D eigenvalue weighted by molar-refractivity contribution is -0.138. The number of carboxylic acids is 1. The molecule has 1 N–H and O–H groups in total. The molecule has 0 heterocycles. The maximum absolute atomic E-state index is 11.2. The Balaban J connectivity index is 4.08. The molecule has 0 fully saturated rings. The predicted octanol–water partition coefficient (Wildman–Crippen LogP) is 6.08. The summed E-state index contributed by atoms with van der Waals surface area (Å²) in [5.41, 5.74) is 0. The third-order valence-electron chi connectivity index (χ3n) is 5.19. The van der Waals surface area contributed by atoms with Gasteiger partial charge in [0.1, 0.15) is 0 Å². The van der Waals surface area contributed by atoms with Gasteiger partial charge in [-0.15, -0.1) is 0 Å². The average molecular weight is 356 g/mol. The van der Waals surface area contributed by atoms with Crippen molar-refractivity contribution in [2.24, 2.45) is 23.7 Å². The van der Waals surface area contributed by atoms with Crippen LogP contribution in [-0.2, 0) is 4.79 Å². The molecule has 0 spiro atoms. The number of carbonyl (C=O) groups is 1. The Kier molecular flexibility index (Phi) is 14.3. The molecular formula is C22H45NO2. The maximum atomic E-state index is 11.2. The number of carboxylic acid groups (broad SMARTS) is 1. The van der Waals surface area contributed by atoms with Gasteiger partial charge in [-0.05, 0) is 49.6 Å². The number of hydrogen-bond donors (Lipinski definition) is 1. The highest BCUT2D eigenvalue weighted by molar-refractivity contribution is 5.69. The van der Waals surface area contributed by atoms with Crippen molar-refractivity contribution in [1.82, 2.24) is 4.90 Å². The molecule has 0 aromatic rings. The summed E-state index contributed by atoms with van der Waals surface area (Å²) in [6.45, 7) is 15.8. The fraction of sp³-hybridized carbons (Fsp3) is 0.955. The van der Waals surface area contributed by atoms with Crippen molar-refractivity contribution in [2.75, 3.05) is 19.6 Å². The Labute approximate surface area is 157 Å². The van der Waals surface area contributed by atoms with Gasteiger partial charge < -0.3 is 5.11 Å². The first-order valence-electron chi connectivity index (χ1n) is 10.6. The first kappa shape index (κ1) is 24.4. The van der Waals surface area contributed by atoms with Crippen LogP contribution in [0.2, 0.25) is 0 Å². The molecule has 3 heteroatoms. The summed E-state index contributed by atoms with van der Waals surface area (Å²) in [4.78, 5) is 13.3. The molecular weight excluding hydrogens is 310 g/mol. The average Bonchev–Trinajstić information content (AvgIpc) is 2.48. The van der Waals surface area contributed by atoms with E-state index in [-0.39, 0.29) is 6.54 Å². The third kappa shape index (κ3) is 16.6. The molecule has 2 atom stereocenters. The van der Waals surface area contributed by atoms with Gasteiger partial charge in [-0.1, -0.05) is 80.1 Å². The lowest BCUT2D eigenvalue weighted by Crippen LogP contribution is -2.33. The van der Waals surface area contributed by atoms with Crippen LogP contribution in [0.5, 0.6) is 0 Å². The number of hydrogen-bond acceptors (Lipinski definition) is 2. The zero-order chi connectivity index (χ0) is 19.2. The van der Waals surface area contributed by atoms with Gasteiger partial charge in [-0.3, -0.25) is 9.69 Å². The van der Waals surface area contributed by atoms with Gasteiger partial charge in [-0.25, -0.2) is 0 Å². The monoisotopic (exact) mass is 355 g/mol. The van der Waals surface area contributed by atoms with Crippen LogP contribution in [0.3, 0.4) is 0 Å². The first-order valence-corrected chi connectivity index (χ1v) is 10.6. The zero-order valence-corrected chi connectivity index (χ0v) is 17.9. The molecule has 0 aliphatic rings. The van der Waals surface area contributed by atoms with Crippen molar-refractivity contribution in [2.45, 2.75) is 92.9 Å². The van der Waals surface area contributed by atoms with Crippen LogP contribution in [0.25, 0.3) is 0 Å². The van der Waals surface area contributed by atoms with Gasteiger partial charge in [0.2, 0.25) is 0 Å². The topological polar surface area (TPSA) is 40.5 Å². The predicted molar refractivity (Wildman–Crippen MR) is 109 cm³/mol. The van der Waals surface area contributed by atoms with Gasteiger partial charge in [0.15, 0.2) is 0 Å². The van der Waals surface area contributed by atoms with Crippen LogP contribution in [0.4, 0.5) is 0 Å². The van der Waals surface area contributed by atoms with E-state index in [0.717, 1.165) is 37.8 Å². The van der Waals surface area contributed by atoms with Crippen molar-refractivity contribution in [3.05, 3.63) is 0 Å². The Bertz CT molecular complexity index is 304. The Hall–Kier alpha value is -0.570. The molecule has 0 radical (unpaired) electrons. The van der Waals surface area contributed by atoms with Crippen molar-refractivity contribution >= 4 is 5.97 Å². The second kappa shape index (κ2) is 14.6. The van der Waals surface area contributed by atoms with Crippen LogP contribution in [0.1, 0.15) is 92.9 Å². The zero-order valence-electron chi connectivity index (χ0n) is 17.9. The maximum Gasteiger partial charge on any atom is 0.317 e. The molecule has 0 saturated carbocycles. The lowest BCUT2D eigenvalue weighted by Gasteiger charge is -2.24. The number of rotatable bonds is 16. The van der Waals surface area contributed by atoms with E-state index in [1.807, 2.05) is 0 Å². The summed E-state index contributed by atoms with van der Waals surface area (Å²) in [5.74, 6) is 2.26. The van der Waals surface area contributed by atoms with Crippen molar-refractivity contribution < 1.29 is 9.90 Å². The SMILES string of the molecule is CC(C)CCC[C@H](C)CCN(CC[C@@H](C)CCCC(C)C)CC(=O)O. The molecule has 0 aromatic carbocycles. The highest BCUT2D eigenvalue weighted by Gasteiger charge is 2.13.